The predicted molar refractivity (Wildman–Crippen MR) is 61.9 cm³/mol. The summed E-state index contributed by atoms with van der Waals surface area (Å²) in [5.74, 6) is 0.477. The van der Waals surface area contributed by atoms with Gasteiger partial charge in [0, 0.05) is 13.1 Å². The molecule has 2 fully saturated rings. The number of amides is 1. The van der Waals surface area contributed by atoms with Gasteiger partial charge in [0.05, 0.1) is 17.7 Å². The Morgan fingerprint density at radius 2 is 1.81 bits per heavy atom. The average molecular weight is 226 g/mol. The van der Waals surface area contributed by atoms with E-state index in [1.807, 2.05) is 25.7 Å². The first kappa shape index (κ1) is 11.9. The van der Waals surface area contributed by atoms with Crippen molar-refractivity contribution >= 4 is 5.91 Å². The highest BCUT2D eigenvalue weighted by molar-refractivity contribution is 5.86. The van der Waals surface area contributed by atoms with E-state index >= 15 is 0 Å². The van der Waals surface area contributed by atoms with Crippen LogP contribution in [0.2, 0.25) is 0 Å². The van der Waals surface area contributed by atoms with Gasteiger partial charge < -0.3 is 15.4 Å². The smallest absolute Gasteiger partial charge is 0.242 e. The van der Waals surface area contributed by atoms with Crippen LogP contribution in [0.3, 0.4) is 0 Å². The molecule has 4 nitrogen and oxygen atoms in total. The summed E-state index contributed by atoms with van der Waals surface area (Å²) in [6.07, 6.45) is 2.41. The summed E-state index contributed by atoms with van der Waals surface area (Å²) in [6, 6.07) is 0. The maximum atomic E-state index is 12.3. The van der Waals surface area contributed by atoms with Crippen molar-refractivity contribution in [3.63, 3.8) is 0 Å². The molecule has 2 N–H and O–H groups in total. The monoisotopic (exact) mass is 226 g/mol. The SMILES string of the molecule is CC1CN(C(=O)C(C)(N)C2CC2)CC(C)O1. The summed E-state index contributed by atoms with van der Waals surface area (Å²) >= 11 is 0. The zero-order chi connectivity index (χ0) is 11.9. The van der Waals surface area contributed by atoms with Crippen molar-refractivity contribution in [3.8, 4) is 0 Å². The molecule has 0 radical (unpaired) electrons. The summed E-state index contributed by atoms with van der Waals surface area (Å²) in [4.78, 5) is 14.2. The number of nitrogens with zero attached hydrogens (tertiary/aromatic N) is 1. The number of carbonyl (C=O) groups is 1. The second kappa shape index (κ2) is 4.00. The number of hydrogen-bond donors (Lipinski definition) is 1. The fraction of sp³-hybridized carbons (Fsp3) is 0.917. The van der Waals surface area contributed by atoms with Crippen molar-refractivity contribution in [2.45, 2.75) is 51.4 Å². The van der Waals surface area contributed by atoms with Gasteiger partial charge in [-0.25, -0.2) is 0 Å². The molecule has 1 heterocycles. The summed E-state index contributed by atoms with van der Waals surface area (Å²) < 4.78 is 5.62. The molecule has 0 aromatic heterocycles. The molecule has 3 atom stereocenters. The molecule has 0 aromatic carbocycles. The predicted octanol–water partition coefficient (Wildman–Crippen LogP) is 0.750. The molecule has 0 bridgehead atoms. The fourth-order valence-corrected chi connectivity index (χ4v) is 2.54. The standard InChI is InChI=1S/C12H22N2O2/c1-8-6-14(7-9(2)16-8)11(15)12(3,13)10-4-5-10/h8-10H,4-7,13H2,1-3H3. The molecule has 0 spiro atoms. The van der Waals surface area contributed by atoms with Gasteiger partial charge in [-0.1, -0.05) is 0 Å². The van der Waals surface area contributed by atoms with Gasteiger partial charge in [0.25, 0.3) is 0 Å². The Kier molecular flexibility index (Phi) is 2.97. The Hall–Kier alpha value is -0.610. The van der Waals surface area contributed by atoms with Gasteiger partial charge in [0.2, 0.25) is 5.91 Å². The maximum absolute atomic E-state index is 12.3. The van der Waals surface area contributed by atoms with E-state index in [0.29, 0.717) is 19.0 Å². The van der Waals surface area contributed by atoms with Crippen molar-refractivity contribution < 1.29 is 9.53 Å². The Labute approximate surface area is 97.1 Å². The molecule has 16 heavy (non-hydrogen) atoms. The van der Waals surface area contributed by atoms with Crippen LogP contribution < -0.4 is 5.73 Å². The number of hydrogen-bond acceptors (Lipinski definition) is 3. The minimum Gasteiger partial charge on any atom is -0.372 e. The highest BCUT2D eigenvalue weighted by Gasteiger charge is 2.46. The van der Waals surface area contributed by atoms with Crippen LogP contribution in [-0.4, -0.2) is 41.6 Å². The van der Waals surface area contributed by atoms with Gasteiger partial charge in [-0.3, -0.25) is 4.79 Å². The third-order valence-electron chi connectivity index (χ3n) is 3.59. The Balaban J connectivity index is 2.03. The van der Waals surface area contributed by atoms with Crippen LogP contribution in [0.1, 0.15) is 33.6 Å². The lowest BCUT2D eigenvalue weighted by Gasteiger charge is -2.39. The molecule has 0 aromatic rings. The summed E-state index contributed by atoms with van der Waals surface area (Å²) in [6.45, 7) is 7.21. The van der Waals surface area contributed by atoms with Gasteiger partial charge in [-0.15, -0.1) is 0 Å². The van der Waals surface area contributed by atoms with Crippen LogP contribution in [0.4, 0.5) is 0 Å². The van der Waals surface area contributed by atoms with Gasteiger partial charge >= 0.3 is 0 Å². The largest absolute Gasteiger partial charge is 0.372 e. The van der Waals surface area contributed by atoms with Gasteiger partial charge in [-0.2, -0.15) is 0 Å². The third-order valence-corrected chi connectivity index (χ3v) is 3.59. The van der Waals surface area contributed by atoms with E-state index in [9.17, 15) is 4.79 Å². The molecular formula is C12H22N2O2. The van der Waals surface area contributed by atoms with E-state index in [2.05, 4.69) is 0 Å². The molecule has 1 aliphatic heterocycles. The summed E-state index contributed by atoms with van der Waals surface area (Å²) in [5, 5.41) is 0. The van der Waals surface area contributed by atoms with Crippen molar-refractivity contribution in [3.05, 3.63) is 0 Å². The van der Waals surface area contributed by atoms with Crippen LogP contribution in [0, 0.1) is 5.92 Å². The average Bonchev–Trinajstić information content (AvgIpc) is 2.97. The van der Waals surface area contributed by atoms with Crippen molar-refractivity contribution in [2.24, 2.45) is 11.7 Å². The van der Waals surface area contributed by atoms with Crippen LogP contribution in [0.5, 0.6) is 0 Å². The molecule has 1 amide bonds. The molecule has 2 aliphatic rings. The van der Waals surface area contributed by atoms with E-state index in [0.717, 1.165) is 12.8 Å². The second-order valence-corrected chi connectivity index (χ2v) is 5.52. The first-order valence-electron chi connectivity index (χ1n) is 6.15. The molecule has 3 unspecified atom stereocenters. The van der Waals surface area contributed by atoms with E-state index < -0.39 is 5.54 Å². The summed E-state index contributed by atoms with van der Waals surface area (Å²) in [7, 11) is 0. The lowest BCUT2D eigenvalue weighted by atomic mass is 9.94. The maximum Gasteiger partial charge on any atom is 0.242 e. The molecular weight excluding hydrogens is 204 g/mol. The van der Waals surface area contributed by atoms with Crippen LogP contribution in [-0.2, 0) is 9.53 Å². The highest BCUT2D eigenvalue weighted by atomic mass is 16.5. The number of carbonyl (C=O) groups excluding carboxylic acids is 1. The molecule has 1 saturated heterocycles. The van der Waals surface area contributed by atoms with Crippen LogP contribution in [0.15, 0.2) is 0 Å². The van der Waals surface area contributed by atoms with Crippen LogP contribution >= 0.6 is 0 Å². The minimum absolute atomic E-state index is 0.0944. The van der Waals surface area contributed by atoms with Gasteiger partial charge in [0.1, 0.15) is 0 Å². The molecule has 1 saturated carbocycles. The zero-order valence-electron chi connectivity index (χ0n) is 10.4. The lowest BCUT2D eigenvalue weighted by molar-refractivity contribution is -0.149. The summed E-state index contributed by atoms with van der Waals surface area (Å²) in [5.41, 5.74) is 5.49. The Morgan fingerprint density at radius 3 is 2.25 bits per heavy atom. The molecule has 1 aliphatic carbocycles. The van der Waals surface area contributed by atoms with Gasteiger partial charge in [-0.05, 0) is 39.5 Å². The van der Waals surface area contributed by atoms with Crippen molar-refractivity contribution in [2.75, 3.05) is 13.1 Å². The highest BCUT2D eigenvalue weighted by Crippen LogP contribution is 2.39. The first-order chi connectivity index (χ1) is 7.41. The fourth-order valence-electron chi connectivity index (χ4n) is 2.54. The molecule has 4 heteroatoms. The van der Waals surface area contributed by atoms with E-state index in [1.54, 1.807) is 0 Å². The lowest BCUT2D eigenvalue weighted by Crippen LogP contribution is -2.59. The van der Waals surface area contributed by atoms with E-state index in [4.69, 9.17) is 10.5 Å². The Morgan fingerprint density at radius 1 is 1.31 bits per heavy atom. The molecule has 2 rings (SSSR count). The number of rotatable bonds is 2. The number of nitrogens with two attached hydrogens (primary N) is 1. The van der Waals surface area contributed by atoms with E-state index in [-0.39, 0.29) is 18.1 Å². The van der Waals surface area contributed by atoms with Crippen molar-refractivity contribution in [1.29, 1.82) is 0 Å². The van der Waals surface area contributed by atoms with Gasteiger partial charge in [0.15, 0.2) is 0 Å². The first-order valence-corrected chi connectivity index (χ1v) is 6.15. The topological polar surface area (TPSA) is 55.6 Å². The quantitative estimate of drug-likeness (QED) is 0.756. The second-order valence-electron chi connectivity index (χ2n) is 5.52. The minimum atomic E-state index is -0.670. The zero-order valence-corrected chi connectivity index (χ0v) is 10.4. The third kappa shape index (κ3) is 2.23. The van der Waals surface area contributed by atoms with Crippen molar-refractivity contribution in [1.82, 2.24) is 4.90 Å². The number of morpholine rings is 1. The molecule has 92 valence electrons. The number of ether oxygens (including phenoxy) is 1. The van der Waals surface area contributed by atoms with Crippen LogP contribution in [0.25, 0.3) is 0 Å². The Bertz CT molecular complexity index is 277. The normalized spacial score (nSPS) is 34.6. The van der Waals surface area contributed by atoms with E-state index in [1.165, 1.54) is 0 Å².